The largest absolute Gasteiger partial charge is 0.290 e. The molecule has 2 aromatic rings. The van der Waals surface area contributed by atoms with Gasteiger partial charge in [-0.1, -0.05) is 0 Å². The lowest BCUT2D eigenvalue weighted by Crippen LogP contribution is -2.11. The van der Waals surface area contributed by atoms with Gasteiger partial charge in [0.05, 0.1) is 12.2 Å². The van der Waals surface area contributed by atoms with Gasteiger partial charge in [0.1, 0.15) is 5.82 Å². The molecule has 4 rings (SSSR count). The van der Waals surface area contributed by atoms with E-state index < -0.39 is 18.0 Å². The molecule has 1 aliphatic carbocycles. The fraction of sp³-hybridized carbons (Fsp3) is 0.429. The van der Waals surface area contributed by atoms with Crippen molar-refractivity contribution in [2.75, 3.05) is 0 Å². The summed E-state index contributed by atoms with van der Waals surface area (Å²) >= 11 is 0. The predicted molar refractivity (Wildman–Crippen MR) is 67.9 cm³/mol. The van der Waals surface area contributed by atoms with Crippen LogP contribution in [0.15, 0.2) is 18.5 Å². The van der Waals surface area contributed by atoms with E-state index in [0.29, 0.717) is 5.56 Å². The molecule has 0 saturated heterocycles. The Kier molecular flexibility index (Phi) is 2.63. The molecular formula is C14H12F2N4O. The van der Waals surface area contributed by atoms with Crippen LogP contribution in [0.2, 0.25) is 0 Å². The Balaban J connectivity index is 1.73. The van der Waals surface area contributed by atoms with Crippen LogP contribution in [-0.2, 0) is 0 Å². The van der Waals surface area contributed by atoms with Gasteiger partial charge < -0.3 is 0 Å². The quantitative estimate of drug-likeness (QED) is 0.814. The van der Waals surface area contributed by atoms with E-state index in [1.54, 1.807) is 0 Å². The molecule has 0 N–H and O–H groups in total. The van der Waals surface area contributed by atoms with Crippen molar-refractivity contribution in [3.8, 4) is 0 Å². The maximum Gasteiger partial charge on any atom is 0.217 e. The average Bonchev–Trinajstić information content (AvgIpc) is 3.14. The highest BCUT2D eigenvalue weighted by Crippen LogP contribution is 2.40. The normalized spacial score (nSPS) is 24.1. The van der Waals surface area contributed by atoms with Gasteiger partial charge in [0.2, 0.25) is 11.6 Å². The molecule has 2 aromatic heterocycles. The number of fused-ring (bicyclic) bond motifs is 1. The van der Waals surface area contributed by atoms with Crippen LogP contribution in [0.4, 0.5) is 8.78 Å². The van der Waals surface area contributed by atoms with E-state index in [2.05, 4.69) is 15.1 Å². The zero-order valence-corrected chi connectivity index (χ0v) is 11.0. The standard InChI is InChI=1S/C14H12F2N4O/c15-9-3-8(5-17-6-9)11-4-10(16)14-18-13(19-20(11)14)12(21)7-1-2-7/h3,5-7,10-11H,1-2,4H2/t10-,11-/m0/s1. The zero-order chi connectivity index (χ0) is 14.6. The van der Waals surface area contributed by atoms with E-state index in [-0.39, 0.29) is 29.8 Å². The van der Waals surface area contributed by atoms with Crippen molar-refractivity contribution in [3.63, 3.8) is 0 Å². The zero-order valence-electron chi connectivity index (χ0n) is 11.0. The fourth-order valence-electron chi connectivity index (χ4n) is 2.70. The first-order valence-corrected chi connectivity index (χ1v) is 6.88. The summed E-state index contributed by atoms with van der Waals surface area (Å²) in [6.45, 7) is 0. The van der Waals surface area contributed by atoms with Gasteiger partial charge in [0.15, 0.2) is 12.0 Å². The topological polar surface area (TPSA) is 60.7 Å². The number of Topliss-reactive ketones (excluding diaryl/α,β-unsaturated/α-hetero) is 1. The molecule has 3 heterocycles. The summed E-state index contributed by atoms with van der Waals surface area (Å²) in [5, 5.41) is 4.16. The molecule has 108 valence electrons. The summed E-state index contributed by atoms with van der Waals surface area (Å²) in [6, 6.07) is 0.843. The number of hydrogen-bond donors (Lipinski definition) is 0. The number of nitrogens with zero attached hydrogens (tertiary/aromatic N) is 4. The molecule has 0 spiro atoms. The molecule has 0 amide bonds. The number of carbonyl (C=O) groups is 1. The van der Waals surface area contributed by atoms with Crippen LogP contribution in [0.3, 0.4) is 0 Å². The van der Waals surface area contributed by atoms with E-state index in [1.807, 2.05) is 0 Å². The number of carbonyl (C=O) groups excluding carboxylic acids is 1. The first-order valence-electron chi connectivity index (χ1n) is 6.88. The lowest BCUT2D eigenvalue weighted by atomic mass is 10.1. The fourth-order valence-corrected chi connectivity index (χ4v) is 2.70. The monoisotopic (exact) mass is 290 g/mol. The average molecular weight is 290 g/mol. The highest BCUT2D eigenvalue weighted by atomic mass is 19.1. The van der Waals surface area contributed by atoms with Crippen LogP contribution in [0.5, 0.6) is 0 Å². The van der Waals surface area contributed by atoms with Crippen molar-refractivity contribution in [2.45, 2.75) is 31.5 Å². The number of aromatic nitrogens is 4. The summed E-state index contributed by atoms with van der Waals surface area (Å²) in [5.74, 6) is -0.399. The smallest absolute Gasteiger partial charge is 0.217 e. The summed E-state index contributed by atoms with van der Waals surface area (Å²) in [4.78, 5) is 19.8. The van der Waals surface area contributed by atoms with Gasteiger partial charge in [-0.3, -0.25) is 9.78 Å². The summed E-state index contributed by atoms with van der Waals surface area (Å²) in [5.41, 5.74) is 0.534. The molecule has 1 saturated carbocycles. The minimum Gasteiger partial charge on any atom is -0.290 e. The van der Waals surface area contributed by atoms with Crippen molar-refractivity contribution in [1.82, 2.24) is 19.7 Å². The molecule has 5 nitrogen and oxygen atoms in total. The summed E-state index contributed by atoms with van der Waals surface area (Å²) in [7, 11) is 0. The Hall–Kier alpha value is -2.18. The second-order valence-electron chi connectivity index (χ2n) is 5.53. The molecule has 0 radical (unpaired) electrons. The van der Waals surface area contributed by atoms with Crippen LogP contribution in [-0.4, -0.2) is 25.5 Å². The van der Waals surface area contributed by atoms with Gasteiger partial charge in [-0.15, -0.1) is 5.10 Å². The number of ketones is 1. The maximum absolute atomic E-state index is 14.1. The number of halogens is 2. The van der Waals surface area contributed by atoms with E-state index in [4.69, 9.17) is 0 Å². The predicted octanol–water partition coefficient (Wildman–Crippen LogP) is 2.41. The van der Waals surface area contributed by atoms with Gasteiger partial charge in [0.25, 0.3) is 0 Å². The molecule has 1 fully saturated rings. The van der Waals surface area contributed by atoms with Gasteiger partial charge in [-0.25, -0.2) is 18.4 Å². The lowest BCUT2D eigenvalue weighted by molar-refractivity contribution is 0.0956. The minimum absolute atomic E-state index is 0.0134. The first kappa shape index (κ1) is 12.6. The third-order valence-electron chi connectivity index (χ3n) is 3.94. The van der Waals surface area contributed by atoms with E-state index in [9.17, 15) is 13.6 Å². The van der Waals surface area contributed by atoms with Crippen LogP contribution >= 0.6 is 0 Å². The van der Waals surface area contributed by atoms with Gasteiger partial charge in [-0.05, 0) is 24.5 Å². The molecule has 0 unspecified atom stereocenters. The Bertz CT molecular complexity index is 726. The molecule has 1 aliphatic heterocycles. The number of rotatable bonds is 3. The molecule has 0 bridgehead atoms. The van der Waals surface area contributed by atoms with Crippen LogP contribution in [0.25, 0.3) is 0 Å². The first-order chi connectivity index (χ1) is 10.1. The summed E-state index contributed by atoms with van der Waals surface area (Å²) < 4.78 is 28.8. The second kappa shape index (κ2) is 4.41. The van der Waals surface area contributed by atoms with Crippen LogP contribution in [0, 0.1) is 11.7 Å². The molecule has 2 atom stereocenters. The highest BCUT2D eigenvalue weighted by molar-refractivity contribution is 5.95. The van der Waals surface area contributed by atoms with E-state index in [0.717, 1.165) is 19.0 Å². The van der Waals surface area contributed by atoms with Crippen LogP contribution in [0.1, 0.15) is 53.5 Å². The van der Waals surface area contributed by atoms with Gasteiger partial charge >= 0.3 is 0 Å². The minimum atomic E-state index is -1.30. The Labute approximate surface area is 119 Å². The molecule has 21 heavy (non-hydrogen) atoms. The third-order valence-corrected chi connectivity index (χ3v) is 3.94. The molecule has 2 aliphatic rings. The van der Waals surface area contributed by atoms with Crippen molar-refractivity contribution < 1.29 is 13.6 Å². The molecule has 0 aromatic carbocycles. The molecule has 7 heteroatoms. The van der Waals surface area contributed by atoms with E-state index in [1.165, 1.54) is 16.9 Å². The Morgan fingerprint density at radius 3 is 2.86 bits per heavy atom. The van der Waals surface area contributed by atoms with Crippen molar-refractivity contribution in [3.05, 3.63) is 41.5 Å². The summed E-state index contributed by atoms with van der Waals surface area (Å²) in [6.07, 6.45) is 3.11. The number of pyridine rings is 1. The van der Waals surface area contributed by atoms with Gasteiger partial charge in [0, 0.05) is 18.5 Å². The van der Waals surface area contributed by atoms with Crippen LogP contribution < -0.4 is 0 Å². The molecular weight excluding hydrogens is 278 g/mol. The van der Waals surface area contributed by atoms with Gasteiger partial charge in [-0.2, -0.15) is 0 Å². The maximum atomic E-state index is 14.1. The van der Waals surface area contributed by atoms with Crippen molar-refractivity contribution in [1.29, 1.82) is 0 Å². The Morgan fingerprint density at radius 1 is 1.33 bits per heavy atom. The van der Waals surface area contributed by atoms with Crippen molar-refractivity contribution >= 4 is 5.78 Å². The Morgan fingerprint density at radius 2 is 2.14 bits per heavy atom. The SMILES string of the molecule is O=C(c1nc2n(n1)[C@H](c1cncc(F)c1)C[C@@H]2F)C1CC1. The highest BCUT2D eigenvalue weighted by Gasteiger charge is 2.39. The second-order valence-corrected chi connectivity index (χ2v) is 5.53. The number of alkyl halides is 1. The third kappa shape index (κ3) is 2.03. The van der Waals surface area contributed by atoms with E-state index >= 15 is 0 Å². The number of hydrogen-bond acceptors (Lipinski definition) is 4. The lowest BCUT2D eigenvalue weighted by Gasteiger charge is -2.11. The van der Waals surface area contributed by atoms with Crippen molar-refractivity contribution in [2.24, 2.45) is 5.92 Å².